The van der Waals surface area contributed by atoms with Crippen molar-refractivity contribution in [3.8, 4) is 11.3 Å². The molecule has 0 aliphatic carbocycles. The summed E-state index contributed by atoms with van der Waals surface area (Å²) in [5.41, 5.74) is 3.05. The summed E-state index contributed by atoms with van der Waals surface area (Å²) in [6.07, 6.45) is 0. The van der Waals surface area contributed by atoms with Gasteiger partial charge in [-0.25, -0.2) is 0 Å². The van der Waals surface area contributed by atoms with E-state index in [2.05, 4.69) is 56.4 Å². The van der Waals surface area contributed by atoms with Crippen molar-refractivity contribution in [3.05, 3.63) is 36.0 Å². The predicted molar refractivity (Wildman–Crippen MR) is 87.1 cm³/mol. The zero-order chi connectivity index (χ0) is 13.6. The maximum atomic E-state index is 4.27. The van der Waals surface area contributed by atoms with Crippen molar-refractivity contribution in [1.82, 2.24) is 20.7 Å². The summed E-state index contributed by atoms with van der Waals surface area (Å²) in [5, 5.41) is 15.5. The highest BCUT2D eigenvalue weighted by Gasteiger charge is 2.15. The molecule has 2 N–H and O–H groups in total. The van der Waals surface area contributed by atoms with Gasteiger partial charge in [-0.1, -0.05) is 30.3 Å². The van der Waals surface area contributed by atoms with Gasteiger partial charge in [-0.15, -0.1) is 0 Å². The summed E-state index contributed by atoms with van der Waals surface area (Å²) >= 11 is 4.13. The molecule has 4 nitrogen and oxygen atoms in total. The van der Waals surface area contributed by atoms with E-state index in [1.807, 2.05) is 18.2 Å². The number of nitrogens with one attached hydrogen (secondary N) is 2. The Kier molecular flexibility index (Phi) is 5.00. The van der Waals surface area contributed by atoms with Gasteiger partial charge in [0.2, 0.25) is 0 Å². The van der Waals surface area contributed by atoms with Crippen molar-refractivity contribution in [3.63, 3.8) is 0 Å². The first kappa shape index (κ1) is 14.0. The van der Waals surface area contributed by atoms with E-state index in [9.17, 15) is 0 Å². The number of hydrogen-bond donors (Lipinski definition) is 2. The molecule has 106 valence electrons. The average molecular weight is 306 g/mol. The van der Waals surface area contributed by atoms with Crippen LogP contribution < -0.4 is 5.32 Å². The number of rotatable bonds is 5. The van der Waals surface area contributed by atoms with E-state index in [1.165, 1.54) is 17.3 Å². The van der Waals surface area contributed by atoms with Crippen LogP contribution in [0.15, 0.2) is 30.3 Å². The lowest BCUT2D eigenvalue weighted by atomic mass is 10.1. The Morgan fingerprint density at radius 1 is 1.20 bits per heavy atom. The minimum absolute atomic E-state index is 0.723. The lowest BCUT2D eigenvalue weighted by molar-refractivity contribution is 0.672. The van der Waals surface area contributed by atoms with Crippen LogP contribution in [0.2, 0.25) is 0 Å². The standard InChI is InChI=1S/C14H18N4S2/c1-2-4-11(5-3-1)14-13(16-18-17-14)9-15-8-12-10-19-6-7-20-12/h1-5,12,15H,6-10H2,(H,16,17,18). The Labute approximate surface area is 127 Å². The normalized spacial score (nSPS) is 19.1. The average Bonchev–Trinajstić information content (AvgIpc) is 2.98. The van der Waals surface area contributed by atoms with Crippen LogP contribution in [-0.4, -0.2) is 44.5 Å². The molecule has 3 rings (SSSR count). The monoisotopic (exact) mass is 306 g/mol. The highest BCUT2D eigenvalue weighted by molar-refractivity contribution is 8.06. The van der Waals surface area contributed by atoms with E-state index in [4.69, 9.17) is 0 Å². The third-order valence-corrected chi connectivity index (χ3v) is 6.06. The molecule has 2 aromatic rings. The van der Waals surface area contributed by atoms with Gasteiger partial charge in [0.05, 0.1) is 0 Å². The minimum atomic E-state index is 0.723. The highest BCUT2D eigenvalue weighted by Crippen LogP contribution is 2.23. The van der Waals surface area contributed by atoms with Gasteiger partial charge in [-0.05, 0) is 0 Å². The summed E-state index contributed by atoms with van der Waals surface area (Å²) < 4.78 is 0. The molecule has 0 amide bonds. The molecular formula is C14H18N4S2. The molecule has 1 saturated heterocycles. The molecule has 6 heteroatoms. The molecule has 20 heavy (non-hydrogen) atoms. The molecule has 0 saturated carbocycles. The second kappa shape index (κ2) is 7.15. The van der Waals surface area contributed by atoms with Crippen molar-refractivity contribution < 1.29 is 0 Å². The summed E-state index contributed by atoms with van der Waals surface area (Å²) in [4.78, 5) is 0. The summed E-state index contributed by atoms with van der Waals surface area (Å²) in [7, 11) is 0. The topological polar surface area (TPSA) is 53.6 Å². The zero-order valence-electron chi connectivity index (χ0n) is 11.2. The van der Waals surface area contributed by atoms with Gasteiger partial charge in [0.25, 0.3) is 0 Å². The maximum Gasteiger partial charge on any atom is 0.117 e. The van der Waals surface area contributed by atoms with Gasteiger partial charge in [0, 0.05) is 41.2 Å². The molecule has 0 spiro atoms. The predicted octanol–water partition coefficient (Wildman–Crippen LogP) is 2.41. The second-order valence-electron chi connectivity index (χ2n) is 4.68. The van der Waals surface area contributed by atoms with Crippen molar-refractivity contribution in [2.45, 2.75) is 11.8 Å². The van der Waals surface area contributed by atoms with Crippen molar-refractivity contribution in [2.75, 3.05) is 23.8 Å². The number of H-pyrrole nitrogens is 1. The van der Waals surface area contributed by atoms with Crippen LogP contribution in [0.25, 0.3) is 11.3 Å². The third-order valence-electron chi connectivity index (χ3n) is 3.22. The molecule has 1 aliphatic rings. The van der Waals surface area contributed by atoms with Crippen molar-refractivity contribution in [2.24, 2.45) is 0 Å². The van der Waals surface area contributed by atoms with Gasteiger partial charge in [-0.3, -0.25) is 0 Å². The summed E-state index contributed by atoms with van der Waals surface area (Å²) in [6, 6.07) is 10.2. The van der Waals surface area contributed by atoms with Crippen molar-refractivity contribution >= 4 is 23.5 Å². The summed E-state index contributed by atoms with van der Waals surface area (Å²) in [6.45, 7) is 1.81. The fourth-order valence-electron chi connectivity index (χ4n) is 2.21. The van der Waals surface area contributed by atoms with Gasteiger partial charge >= 0.3 is 0 Å². The fraction of sp³-hybridized carbons (Fsp3) is 0.429. The van der Waals surface area contributed by atoms with E-state index in [-0.39, 0.29) is 0 Å². The maximum absolute atomic E-state index is 4.27. The molecule has 2 heterocycles. The molecule has 1 atom stereocenters. The minimum Gasteiger partial charge on any atom is -0.310 e. The Balaban J connectivity index is 1.57. The molecule has 1 unspecified atom stereocenters. The van der Waals surface area contributed by atoms with E-state index < -0.39 is 0 Å². The molecule has 1 fully saturated rings. The van der Waals surface area contributed by atoms with E-state index in [1.54, 1.807) is 0 Å². The van der Waals surface area contributed by atoms with Crippen LogP contribution in [-0.2, 0) is 6.54 Å². The molecule has 0 bridgehead atoms. The van der Waals surface area contributed by atoms with Crippen LogP contribution in [0.5, 0.6) is 0 Å². The van der Waals surface area contributed by atoms with Crippen LogP contribution in [0.4, 0.5) is 0 Å². The molecule has 1 aliphatic heterocycles. The zero-order valence-corrected chi connectivity index (χ0v) is 12.8. The lowest BCUT2D eigenvalue weighted by Gasteiger charge is -2.20. The number of thioether (sulfide) groups is 2. The Morgan fingerprint density at radius 3 is 2.90 bits per heavy atom. The largest absolute Gasteiger partial charge is 0.310 e. The highest BCUT2D eigenvalue weighted by atomic mass is 32.2. The third kappa shape index (κ3) is 3.56. The number of hydrogen-bond acceptors (Lipinski definition) is 5. The first-order chi connectivity index (χ1) is 9.93. The van der Waals surface area contributed by atoms with E-state index in [0.29, 0.717) is 0 Å². The van der Waals surface area contributed by atoms with E-state index in [0.717, 1.165) is 35.3 Å². The number of aromatic nitrogens is 3. The van der Waals surface area contributed by atoms with Crippen LogP contribution >= 0.6 is 23.5 Å². The van der Waals surface area contributed by atoms with Crippen LogP contribution in [0.1, 0.15) is 5.69 Å². The Hall–Kier alpha value is -0.980. The first-order valence-electron chi connectivity index (χ1n) is 6.78. The van der Waals surface area contributed by atoms with E-state index >= 15 is 0 Å². The Morgan fingerprint density at radius 2 is 2.10 bits per heavy atom. The van der Waals surface area contributed by atoms with Gasteiger partial charge < -0.3 is 5.32 Å². The number of nitrogens with zero attached hydrogens (tertiary/aromatic N) is 2. The number of benzene rings is 1. The smallest absolute Gasteiger partial charge is 0.117 e. The van der Waals surface area contributed by atoms with Crippen LogP contribution in [0, 0.1) is 0 Å². The van der Waals surface area contributed by atoms with Gasteiger partial charge in [-0.2, -0.15) is 38.9 Å². The first-order valence-corrected chi connectivity index (χ1v) is 8.99. The quantitative estimate of drug-likeness (QED) is 0.888. The second-order valence-corrected chi connectivity index (χ2v) is 7.24. The SMILES string of the molecule is c1ccc(-c2n[nH]nc2CNCC2CSCCS2)cc1. The van der Waals surface area contributed by atoms with Crippen LogP contribution in [0.3, 0.4) is 0 Å². The fourth-order valence-corrected chi connectivity index (χ4v) is 4.86. The summed E-state index contributed by atoms with van der Waals surface area (Å²) in [5.74, 6) is 3.82. The Bertz CT molecular complexity index is 523. The molecule has 1 aromatic heterocycles. The number of aromatic amines is 1. The van der Waals surface area contributed by atoms with Crippen molar-refractivity contribution in [1.29, 1.82) is 0 Å². The van der Waals surface area contributed by atoms with Gasteiger partial charge in [0.1, 0.15) is 11.4 Å². The van der Waals surface area contributed by atoms with Gasteiger partial charge in [0.15, 0.2) is 0 Å². The molecule has 0 radical (unpaired) electrons. The molecular weight excluding hydrogens is 288 g/mol. The lowest BCUT2D eigenvalue weighted by Crippen LogP contribution is -2.28. The molecule has 1 aromatic carbocycles.